The number of hydrogen-bond donors (Lipinski definition) is 2. The zero-order valence-corrected chi connectivity index (χ0v) is 18.2. The molecule has 2 aliphatic heterocycles. The minimum absolute atomic E-state index is 0.0809. The monoisotopic (exact) mass is 380 g/mol. The molecule has 27 heavy (non-hydrogen) atoms. The molecular formula is C21H40N4O2. The van der Waals surface area contributed by atoms with Gasteiger partial charge in [0.25, 0.3) is 0 Å². The van der Waals surface area contributed by atoms with Gasteiger partial charge in [0, 0.05) is 51.2 Å². The number of carbonyl (C=O) groups excluding carboxylic acids is 1. The molecule has 0 bridgehead atoms. The largest absolute Gasteiger partial charge is 0.377 e. The molecule has 156 valence electrons. The Balaban J connectivity index is 1.80. The zero-order valence-electron chi connectivity index (χ0n) is 18.2. The van der Waals surface area contributed by atoms with Gasteiger partial charge in [-0.25, -0.2) is 0 Å². The van der Waals surface area contributed by atoms with Gasteiger partial charge in [-0.1, -0.05) is 34.6 Å². The van der Waals surface area contributed by atoms with Crippen molar-refractivity contribution in [2.75, 3.05) is 33.3 Å². The van der Waals surface area contributed by atoms with Gasteiger partial charge < -0.3 is 20.3 Å². The van der Waals surface area contributed by atoms with Crippen molar-refractivity contribution in [1.29, 1.82) is 0 Å². The number of aliphatic imine (C=N–C) groups is 1. The van der Waals surface area contributed by atoms with Gasteiger partial charge in [0.1, 0.15) is 0 Å². The van der Waals surface area contributed by atoms with Crippen LogP contribution in [0.4, 0.5) is 0 Å². The number of ether oxygens (including phenoxy) is 1. The van der Waals surface area contributed by atoms with Crippen molar-refractivity contribution in [1.82, 2.24) is 15.5 Å². The minimum atomic E-state index is 0.0809. The lowest BCUT2D eigenvalue weighted by molar-refractivity contribution is -0.135. The van der Waals surface area contributed by atoms with E-state index in [2.05, 4.69) is 36.4 Å². The van der Waals surface area contributed by atoms with Crippen molar-refractivity contribution in [3.63, 3.8) is 0 Å². The van der Waals surface area contributed by atoms with Gasteiger partial charge in [0.05, 0.1) is 6.10 Å². The molecule has 0 aliphatic carbocycles. The fraction of sp³-hybridized carbons (Fsp3) is 0.905. The maximum atomic E-state index is 12.1. The summed E-state index contributed by atoms with van der Waals surface area (Å²) in [5.74, 6) is 1.71. The molecule has 2 saturated heterocycles. The molecule has 0 aromatic rings. The average Bonchev–Trinajstić information content (AvgIpc) is 2.64. The first-order chi connectivity index (χ1) is 12.7. The summed E-state index contributed by atoms with van der Waals surface area (Å²) in [6.07, 6.45) is 4.55. The predicted molar refractivity (Wildman–Crippen MR) is 111 cm³/mol. The Morgan fingerprint density at radius 1 is 1.22 bits per heavy atom. The van der Waals surface area contributed by atoms with Gasteiger partial charge in [-0.3, -0.25) is 9.79 Å². The Morgan fingerprint density at radius 3 is 2.44 bits per heavy atom. The number of carbonyl (C=O) groups is 1. The van der Waals surface area contributed by atoms with Crippen molar-refractivity contribution in [3.8, 4) is 0 Å². The number of likely N-dealkylation sites (tertiary alicyclic amines) is 1. The lowest BCUT2D eigenvalue weighted by atomic mass is 9.78. The van der Waals surface area contributed by atoms with Gasteiger partial charge in [-0.2, -0.15) is 0 Å². The van der Waals surface area contributed by atoms with Gasteiger partial charge in [0.15, 0.2) is 5.96 Å². The molecule has 2 unspecified atom stereocenters. The third-order valence-electron chi connectivity index (χ3n) is 5.70. The lowest BCUT2D eigenvalue weighted by Crippen LogP contribution is -2.52. The number of guanidine groups is 1. The summed E-state index contributed by atoms with van der Waals surface area (Å²) >= 11 is 0. The number of rotatable bonds is 4. The molecule has 2 atom stereocenters. The van der Waals surface area contributed by atoms with Crippen molar-refractivity contribution in [3.05, 3.63) is 0 Å². The Bertz CT molecular complexity index is 505. The van der Waals surface area contributed by atoms with E-state index in [4.69, 9.17) is 4.74 Å². The van der Waals surface area contributed by atoms with Gasteiger partial charge >= 0.3 is 0 Å². The fourth-order valence-corrected chi connectivity index (χ4v) is 4.23. The normalized spacial score (nSPS) is 25.6. The summed E-state index contributed by atoms with van der Waals surface area (Å²) in [5, 5.41) is 7.07. The van der Waals surface area contributed by atoms with E-state index in [1.807, 2.05) is 25.8 Å². The summed E-state index contributed by atoms with van der Waals surface area (Å²) < 4.78 is 6.09. The topological polar surface area (TPSA) is 66.0 Å². The number of nitrogens with zero attached hydrogens (tertiary/aromatic N) is 2. The Kier molecular flexibility index (Phi) is 7.95. The highest BCUT2D eigenvalue weighted by atomic mass is 16.5. The van der Waals surface area contributed by atoms with Gasteiger partial charge in [-0.15, -0.1) is 0 Å². The number of piperidine rings is 1. The van der Waals surface area contributed by atoms with Crippen LogP contribution in [0.25, 0.3) is 0 Å². The molecule has 0 spiro atoms. The number of amides is 1. The predicted octanol–water partition coefficient (Wildman–Crippen LogP) is 2.64. The van der Waals surface area contributed by atoms with Crippen LogP contribution < -0.4 is 10.6 Å². The van der Waals surface area contributed by atoms with Crippen molar-refractivity contribution >= 4 is 11.9 Å². The van der Waals surface area contributed by atoms with Crippen LogP contribution in [-0.2, 0) is 9.53 Å². The van der Waals surface area contributed by atoms with E-state index in [0.29, 0.717) is 12.0 Å². The van der Waals surface area contributed by atoms with Crippen molar-refractivity contribution in [2.45, 2.75) is 72.4 Å². The minimum Gasteiger partial charge on any atom is -0.377 e. The molecule has 2 rings (SSSR count). The highest BCUT2D eigenvalue weighted by molar-refractivity contribution is 5.80. The number of nitrogens with one attached hydrogen (secondary N) is 2. The average molecular weight is 381 g/mol. The van der Waals surface area contributed by atoms with Crippen LogP contribution in [0, 0.1) is 17.3 Å². The standard InChI is InChI=1S/C21H40N4O2/c1-15(2)19(26)25-11-9-17(10-12-25)24-20(22-6)23-14-16-8-7-13-27-18(16)21(3,4)5/h15-18H,7-14H2,1-6H3,(H2,22,23,24). The maximum Gasteiger partial charge on any atom is 0.225 e. The third kappa shape index (κ3) is 6.37. The highest BCUT2D eigenvalue weighted by Crippen LogP contribution is 2.33. The molecule has 6 nitrogen and oxygen atoms in total. The molecule has 2 fully saturated rings. The Morgan fingerprint density at radius 2 is 1.89 bits per heavy atom. The molecule has 0 aromatic carbocycles. The molecule has 6 heteroatoms. The van der Waals surface area contributed by atoms with Gasteiger partial charge in [0.2, 0.25) is 5.91 Å². The van der Waals surface area contributed by atoms with E-state index in [1.54, 1.807) is 0 Å². The van der Waals surface area contributed by atoms with Crippen LogP contribution in [0.2, 0.25) is 0 Å². The summed E-state index contributed by atoms with van der Waals surface area (Å²) in [6, 6.07) is 0.369. The van der Waals surface area contributed by atoms with E-state index in [9.17, 15) is 4.79 Å². The van der Waals surface area contributed by atoms with E-state index in [-0.39, 0.29) is 23.3 Å². The number of hydrogen-bond acceptors (Lipinski definition) is 3. The second-order valence-electron chi connectivity index (χ2n) is 9.41. The van der Waals surface area contributed by atoms with Crippen LogP contribution in [0.15, 0.2) is 4.99 Å². The molecule has 2 heterocycles. The summed E-state index contributed by atoms with van der Waals surface area (Å²) in [6.45, 7) is 14.1. The SMILES string of the molecule is CN=C(NCC1CCCOC1C(C)(C)C)NC1CCN(C(=O)C(C)C)CC1. The first kappa shape index (κ1) is 22.0. The van der Waals surface area contributed by atoms with Crippen molar-refractivity contribution < 1.29 is 9.53 Å². The van der Waals surface area contributed by atoms with Gasteiger partial charge in [-0.05, 0) is 31.1 Å². The van der Waals surface area contributed by atoms with E-state index >= 15 is 0 Å². The van der Waals surface area contributed by atoms with E-state index in [1.165, 1.54) is 6.42 Å². The first-order valence-corrected chi connectivity index (χ1v) is 10.6. The first-order valence-electron chi connectivity index (χ1n) is 10.6. The molecule has 2 N–H and O–H groups in total. The molecular weight excluding hydrogens is 340 g/mol. The second kappa shape index (κ2) is 9.76. The third-order valence-corrected chi connectivity index (χ3v) is 5.70. The summed E-state index contributed by atoms with van der Waals surface area (Å²) in [5.41, 5.74) is 0.152. The van der Waals surface area contributed by atoms with E-state index in [0.717, 1.165) is 51.5 Å². The lowest BCUT2D eigenvalue weighted by Gasteiger charge is -2.40. The van der Waals surface area contributed by atoms with Crippen LogP contribution in [0.1, 0.15) is 60.3 Å². The summed E-state index contributed by atoms with van der Waals surface area (Å²) in [4.78, 5) is 18.5. The van der Waals surface area contributed by atoms with Crippen LogP contribution in [0.5, 0.6) is 0 Å². The van der Waals surface area contributed by atoms with Crippen molar-refractivity contribution in [2.24, 2.45) is 22.2 Å². The smallest absolute Gasteiger partial charge is 0.225 e. The quantitative estimate of drug-likeness (QED) is 0.581. The van der Waals surface area contributed by atoms with Crippen LogP contribution in [0.3, 0.4) is 0 Å². The Hall–Kier alpha value is -1.30. The fourth-order valence-electron chi connectivity index (χ4n) is 4.23. The Labute approximate surface area is 165 Å². The second-order valence-corrected chi connectivity index (χ2v) is 9.41. The highest BCUT2D eigenvalue weighted by Gasteiger charge is 2.35. The van der Waals surface area contributed by atoms with E-state index < -0.39 is 0 Å². The zero-order chi connectivity index (χ0) is 20.0. The maximum absolute atomic E-state index is 12.1. The molecule has 1 amide bonds. The van der Waals surface area contributed by atoms with Crippen LogP contribution >= 0.6 is 0 Å². The molecule has 0 radical (unpaired) electrons. The van der Waals surface area contributed by atoms with Crippen LogP contribution in [-0.4, -0.2) is 62.2 Å². The molecule has 0 saturated carbocycles. The summed E-state index contributed by atoms with van der Waals surface area (Å²) in [7, 11) is 1.82. The molecule has 0 aromatic heterocycles. The molecule has 2 aliphatic rings.